The van der Waals surface area contributed by atoms with Gasteiger partial charge in [0.2, 0.25) is 0 Å². The number of hydrogen-bond donors (Lipinski definition) is 2. The Morgan fingerprint density at radius 3 is 2.81 bits per heavy atom. The summed E-state index contributed by atoms with van der Waals surface area (Å²) in [5.74, 6) is 1.34. The van der Waals surface area contributed by atoms with Gasteiger partial charge in [0.25, 0.3) is 0 Å². The number of nitrogen functional groups attached to an aromatic ring is 1. The summed E-state index contributed by atoms with van der Waals surface area (Å²) in [6.45, 7) is 4.64. The molecule has 16 heavy (non-hydrogen) atoms. The Bertz CT molecular complexity index is 491. The number of nitrogens with one attached hydrogen (secondary N) is 1. The molecule has 0 radical (unpaired) electrons. The van der Waals surface area contributed by atoms with E-state index in [1.807, 2.05) is 32.0 Å². The fourth-order valence-electron chi connectivity index (χ4n) is 1.60. The molecule has 0 fully saturated rings. The molecule has 1 heterocycles. The van der Waals surface area contributed by atoms with Gasteiger partial charge in [-0.3, -0.25) is 5.10 Å². The van der Waals surface area contributed by atoms with E-state index in [0.29, 0.717) is 12.4 Å². The summed E-state index contributed by atoms with van der Waals surface area (Å²) in [4.78, 5) is 0. The lowest BCUT2D eigenvalue weighted by Crippen LogP contribution is -1.94. The standard InChI is InChI=1S/C12H15N3O/c1-3-16-11-6-8(2)4-5-9(11)10-7-12(13)15-14-10/h4-7H,3H2,1-2H3,(H3,13,14,15). The normalized spacial score (nSPS) is 10.4. The van der Waals surface area contributed by atoms with E-state index in [4.69, 9.17) is 10.5 Å². The molecule has 0 atom stereocenters. The molecule has 0 spiro atoms. The minimum Gasteiger partial charge on any atom is -0.493 e. The molecular weight excluding hydrogens is 202 g/mol. The van der Waals surface area contributed by atoms with Crippen LogP contribution < -0.4 is 10.5 Å². The zero-order valence-corrected chi connectivity index (χ0v) is 9.45. The minimum absolute atomic E-state index is 0.484. The molecule has 0 unspecified atom stereocenters. The van der Waals surface area contributed by atoms with Crippen LogP contribution in [0.15, 0.2) is 24.3 Å². The molecule has 2 rings (SSSR count). The summed E-state index contributed by atoms with van der Waals surface area (Å²) in [5.41, 5.74) is 8.61. The Kier molecular flexibility index (Phi) is 2.81. The summed E-state index contributed by atoms with van der Waals surface area (Å²) in [5, 5.41) is 6.80. The average molecular weight is 217 g/mol. The highest BCUT2D eigenvalue weighted by atomic mass is 16.5. The molecular formula is C12H15N3O. The van der Waals surface area contributed by atoms with Gasteiger partial charge < -0.3 is 10.5 Å². The third-order valence-electron chi connectivity index (χ3n) is 2.32. The third-order valence-corrected chi connectivity index (χ3v) is 2.32. The van der Waals surface area contributed by atoms with Gasteiger partial charge in [0.05, 0.1) is 12.3 Å². The minimum atomic E-state index is 0.484. The lowest BCUT2D eigenvalue weighted by Gasteiger charge is -2.09. The number of H-pyrrole nitrogens is 1. The van der Waals surface area contributed by atoms with Crippen molar-refractivity contribution in [2.24, 2.45) is 0 Å². The number of benzene rings is 1. The van der Waals surface area contributed by atoms with Crippen molar-refractivity contribution in [3.05, 3.63) is 29.8 Å². The Labute approximate surface area is 94.4 Å². The molecule has 0 aliphatic heterocycles. The summed E-state index contributed by atoms with van der Waals surface area (Å²) in [7, 11) is 0. The lowest BCUT2D eigenvalue weighted by molar-refractivity contribution is 0.341. The molecule has 84 valence electrons. The van der Waals surface area contributed by atoms with Crippen LogP contribution in [0.2, 0.25) is 0 Å². The van der Waals surface area contributed by atoms with Crippen LogP contribution in [0.3, 0.4) is 0 Å². The van der Waals surface area contributed by atoms with Gasteiger partial charge in [-0.25, -0.2) is 0 Å². The zero-order chi connectivity index (χ0) is 11.5. The van der Waals surface area contributed by atoms with Crippen LogP contribution in [-0.4, -0.2) is 16.8 Å². The van der Waals surface area contributed by atoms with Gasteiger partial charge in [0, 0.05) is 11.6 Å². The predicted molar refractivity (Wildman–Crippen MR) is 64.3 cm³/mol. The molecule has 0 bridgehead atoms. The van der Waals surface area contributed by atoms with Gasteiger partial charge in [-0.15, -0.1) is 0 Å². The Morgan fingerprint density at radius 2 is 2.19 bits per heavy atom. The number of anilines is 1. The van der Waals surface area contributed by atoms with E-state index in [2.05, 4.69) is 10.2 Å². The molecule has 0 amide bonds. The molecule has 4 nitrogen and oxygen atoms in total. The van der Waals surface area contributed by atoms with Crippen LogP contribution >= 0.6 is 0 Å². The SMILES string of the molecule is CCOc1cc(C)ccc1-c1cc(N)n[nH]1. The number of hydrogen-bond acceptors (Lipinski definition) is 3. The molecule has 0 saturated heterocycles. The first-order valence-electron chi connectivity index (χ1n) is 5.25. The molecule has 0 aliphatic carbocycles. The molecule has 1 aromatic carbocycles. The number of aromatic amines is 1. The van der Waals surface area contributed by atoms with Crippen molar-refractivity contribution in [3.8, 4) is 17.0 Å². The van der Waals surface area contributed by atoms with E-state index in [0.717, 1.165) is 17.0 Å². The van der Waals surface area contributed by atoms with Gasteiger partial charge in [0.1, 0.15) is 11.6 Å². The maximum Gasteiger partial charge on any atom is 0.145 e. The number of ether oxygens (including phenoxy) is 1. The van der Waals surface area contributed by atoms with E-state index in [9.17, 15) is 0 Å². The van der Waals surface area contributed by atoms with Crippen LogP contribution in [0.1, 0.15) is 12.5 Å². The summed E-state index contributed by atoms with van der Waals surface area (Å²) in [6.07, 6.45) is 0. The van der Waals surface area contributed by atoms with Gasteiger partial charge in [-0.1, -0.05) is 6.07 Å². The Hall–Kier alpha value is -1.97. The monoisotopic (exact) mass is 217 g/mol. The first-order valence-corrected chi connectivity index (χ1v) is 5.25. The van der Waals surface area contributed by atoms with Gasteiger partial charge in [-0.2, -0.15) is 5.10 Å². The fourth-order valence-corrected chi connectivity index (χ4v) is 1.60. The number of aryl methyl sites for hydroxylation is 1. The van der Waals surface area contributed by atoms with Crippen molar-refractivity contribution < 1.29 is 4.74 Å². The quantitative estimate of drug-likeness (QED) is 0.829. The van der Waals surface area contributed by atoms with Gasteiger partial charge in [-0.05, 0) is 31.5 Å². The van der Waals surface area contributed by atoms with Crippen molar-refractivity contribution in [3.63, 3.8) is 0 Å². The third kappa shape index (κ3) is 2.00. The van der Waals surface area contributed by atoms with Crippen molar-refractivity contribution in [2.45, 2.75) is 13.8 Å². The molecule has 4 heteroatoms. The number of nitrogens with two attached hydrogens (primary N) is 1. The van der Waals surface area contributed by atoms with E-state index in [-0.39, 0.29) is 0 Å². The van der Waals surface area contributed by atoms with Gasteiger partial charge in [0.15, 0.2) is 0 Å². The summed E-state index contributed by atoms with van der Waals surface area (Å²) < 4.78 is 5.59. The Balaban J connectivity index is 2.47. The maximum absolute atomic E-state index is 5.59. The Morgan fingerprint density at radius 1 is 1.38 bits per heavy atom. The summed E-state index contributed by atoms with van der Waals surface area (Å²) >= 11 is 0. The largest absolute Gasteiger partial charge is 0.493 e. The maximum atomic E-state index is 5.59. The van der Waals surface area contributed by atoms with Crippen molar-refractivity contribution in [1.82, 2.24) is 10.2 Å². The first-order chi connectivity index (χ1) is 7.70. The van der Waals surface area contributed by atoms with Crippen LogP contribution in [0.25, 0.3) is 11.3 Å². The second kappa shape index (κ2) is 4.26. The molecule has 0 aliphatic rings. The van der Waals surface area contributed by atoms with Crippen molar-refractivity contribution in [1.29, 1.82) is 0 Å². The average Bonchev–Trinajstić information content (AvgIpc) is 2.65. The van der Waals surface area contributed by atoms with Gasteiger partial charge >= 0.3 is 0 Å². The summed E-state index contributed by atoms with van der Waals surface area (Å²) in [6, 6.07) is 7.85. The number of nitrogens with zero attached hydrogens (tertiary/aromatic N) is 1. The van der Waals surface area contributed by atoms with E-state index in [1.165, 1.54) is 5.56 Å². The molecule has 2 aromatic rings. The first kappa shape index (κ1) is 10.5. The van der Waals surface area contributed by atoms with Crippen LogP contribution in [-0.2, 0) is 0 Å². The van der Waals surface area contributed by atoms with Crippen LogP contribution in [0, 0.1) is 6.92 Å². The van der Waals surface area contributed by atoms with Crippen molar-refractivity contribution in [2.75, 3.05) is 12.3 Å². The molecule has 0 saturated carbocycles. The van der Waals surface area contributed by atoms with E-state index < -0.39 is 0 Å². The highest BCUT2D eigenvalue weighted by Crippen LogP contribution is 2.30. The number of aromatic nitrogens is 2. The van der Waals surface area contributed by atoms with E-state index in [1.54, 1.807) is 6.07 Å². The second-order valence-electron chi connectivity index (χ2n) is 3.64. The van der Waals surface area contributed by atoms with E-state index >= 15 is 0 Å². The lowest BCUT2D eigenvalue weighted by atomic mass is 10.1. The van der Waals surface area contributed by atoms with Crippen LogP contribution in [0.5, 0.6) is 5.75 Å². The zero-order valence-electron chi connectivity index (χ0n) is 9.45. The molecule has 1 aromatic heterocycles. The highest BCUT2D eigenvalue weighted by molar-refractivity contribution is 5.69. The van der Waals surface area contributed by atoms with Crippen LogP contribution in [0.4, 0.5) is 5.82 Å². The topological polar surface area (TPSA) is 63.9 Å². The highest BCUT2D eigenvalue weighted by Gasteiger charge is 2.08. The second-order valence-corrected chi connectivity index (χ2v) is 3.64. The predicted octanol–water partition coefficient (Wildman–Crippen LogP) is 2.37. The smallest absolute Gasteiger partial charge is 0.145 e. The molecule has 3 N–H and O–H groups in total. The fraction of sp³-hybridized carbons (Fsp3) is 0.250. The van der Waals surface area contributed by atoms with Crippen molar-refractivity contribution >= 4 is 5.82 Å². The number of rotatable bonds is 3.